The third-order valence-corrected chi connectivity index (χ3v) is 4.01. The van der Waals surface area contributed by atoms with Gasteiger partial charge in [0.1, 0.15) is 16.5 Å². The van der Waals surface area contributed by atoms with Gasteiger partial charge < -0.3 is 4.90 Å². The van der Waals surface area contributed by atoms with E-state index in [4.69, 9.17) is 4.98 Å². The van der Waals surface area contributed by atoms with Gasteiger partial charge in [0.15, 0.2) is 0 Å². The smallest absolute Gasteiger partial charge is 0.140 e. The first-order valence-electron chi connectivity index (χ1n) is 6.63. The lowest BCUT2D eigenvalue weighted by Crippen LogP contribution is -2.20. The lowest BCUT2D eigenvalue weighted by Gasteiger charge is -2.19. The van der Waals surface area contributed by atoms with Crippen molar-refractivity contribution in [1.29, 1.82) is 0 Å². The van der Waals surface area contributed by atoms with E-state index in [0.717, 1.165) is 29.4 Å². The summed E-state index contributed by atoms with van der Waals surface area (Å²) in [6.45, 7) is 7.52. The summed E-state index contributed by atoms with van der Waals surface area (Å²) in [5.41, 5.74) is 0. The zero-order valence-electron chi connectivity index (χ0n) is 11.7. The maximum absolute atomic E-state index is 4.71. The van der Waals surface area contributed by atoms with Crippen molar-refractivity contribution < 1.29 is 0 Å². The molecule has 2 aromatic rings. The average Bonchev–Trinajstić information content (AvgIpc) is 2.74. The standard InChI is InChI=1S/C14H21N3S/c1-5-7-8-17(4)13-11-9-10(3)18-14(11)16-12(6-2)15-13/h9H,5-8H2,1-4H3. The highest BCUT2D eigenvalue weighted by Gasteiger charge is 2.12. The number of aryl methyl sites for hydroxylation is 2. The Bertz CT molecular complexity index is 533. The van der Waals surface area contributed by atoms with Crippen LogP contribution in [0.15, 0.2) is 6.07 Å². The summed E-state index contributed by atoms with van der Waals surface area (Å²) < 4.78 is 0. The van der Waals surface area contributed by atoms with Crippen LogP contribution in [0.2, 0.25) is 0 Å². The van der Waals surface area contributed by atoms with Crippen LogP contribution in [0.1, 0.15) is 37.4 Å². The van der Waals surface area contributed by atoms with Crippen molar-refractivity contribution in [2.45, 2.75) is 40.0 Å². The molecule has 0 aliphatic heterocycles. The van der Waals surface area contributed by atoms with Gasteiger partial charge in [0.2, 0.25) is 0 Å². The number of fused-ring (bicyclic) bond motifs is 1. The van der Waals surface area contributed by atoms with Crippen molar-refractivity contribution in [2.75, 3.05) is 18.5 Å². The summed E-state index contributed by atoms with van der Waals surface area (Å²) >= 11 is 1.76. The molecule has 0 saturated carbocycles. The molecule has 0 unspecified atom stereocenters. The molecule has 0 aliphatic carbocycles. The molecule has 4 heteroatoms. The van der Waals surface area contributed by atoms with Gasteiger partial charge in [-0.05, 0) is 19.4 Å². The van der Waals surface area contributed by atoms with E-state index in [1.165, 1.54) is 23.1 Å². The molecule has 0 fully saturated rings. The molecule has 0 aromatic carbocycles. The van der Waals surface area contributed by atoms with Gasteiger partial charge in [-0.25, -0.2) is 9.97 Å². The van der Waals surface area contributed by atoms with Crippen molar-refractivity contribution in [3.63, 3.8) is 0 Å². The van der Waals surface area contributed by atoms with E-state index in [-0.39, 0.29) is 0 Å². The Hall–Kier alpha value is -1.16. The van der Waals surface area contributed by atoms with Gasteiger partial charge in [-0.2, -0.15) is 0 Å². The zero-order chi connectivity index (χ0) is 13.1. The van der Waals surface area contributed by atoms with Gasteiger partial charge in [0, 0.05) is 24.9 Å². The van der Waals surface area contributed by atoms with Crippen molar-refractivity contribution in [3.8, 4) is 0 Å². The third-order valence-electron chi connectivity index (χ3n) is 3.07. The SMILES string of the molecule is CCCCN(C)c1nc(CC)nc2sc(C)cc12. The molecule has 0 radical (unpaired) electrons. The van der Waals surface area contributed by atoms with Crippen molar-refractivity contribution in [2.24, 2.45) is 0 Å². The molecule has 0 aliphatic rings. The zero-order valence-corrected chi connectivity index (χ0v) is 12.5. The van der Waals surface area contributed by atoms with Gasteiger partial charge in [-0.1, -0.05) is 20.3 Å². The maximum atomic E-state index is 4.71. The second-order valence-electron chi connectivity index (χ2n) is 4.67. The van der Waals surface area contributed by atoms with Gasteiger partial charge in [0.25, 0.3) is 0 Å². The first-order chi connectivity index (χ1) is 8.65. The number of hydrogen-bond acceptors (Lipinski definition) is 4. The molecule has 0 saturated heterocycles. The minimum atomic E-state index is 0.890. The number of anilines is 1. The molecule has 0 atom stereocenters. The second-order valence-corrected chi connectivity index (χ2v) is 5.90. The fourth-order valence-corrected chi connectivity index (χ4v) is 2.91. The Balaban J connectivity index is 2.45. The van der Waals surface area contributed by atoms with Crippen LogP contribution >= 0.6 is 11.3 Å². The van der Waals surface area contributed by atoms with Gasteiger partial charge in [0.05, 0.1) is 5.39 Å². The molecule has 2 rings (SSSR count). The van der Waals surface area contributed by atoms with Gasteiger partial charge in [-0.15, -0.1) is 11.3 Å². The highest BCUT2D eigenvalue weighted by atomic mass is 32.1. The number of hydrogen-bond donors (Lipinski definition) is 0. The minimum absolute atomic E-state index is 0.890. The van der Waals surface area contributed by atoms with Crippen LogP contribution in [0.4, 0.5) is 5.82 Å². The van der Waals surface area contributed by atoms with Crippen molar-refractivity contribution >= 4 is 27.4 Å². The fraction of sp³-hybridized carbons (Fsp3) is 0.571. The summed E-state index contributed by atoms with van der Waals surface area (Å²) in [6.07, 6.45) is 3.30. The number of rotatable bonds is 5. The molecule has 2 heterocycles. The number of unbranched alkanes of at least 4 members (excludes halogenated alkanes) is 1. The predicted octanol–water partition coefficient (Wildman–Crippen LogP) is 3.80. The molecule has 98 valence electrons. The number of nitrogens with zero attached hydrogens (tertiary/aromatic N) is 3. The lowest BCUT2D eigenvalue weighted by molar-refractivity contribution is 0.757. The van der Waals surface area contributed by atoms with E-state index < -0.39 is 0 Å². The summed E-state index contributed by atoms with van der Waals surface area (Å²) in [4.78, 5) is 14.0. The van der Waals surface area contributed by atoms with E-state index in [1.807, 2.05) is 0 Å². The first-order valence-corrected chi connectivity index (χ1v) is 7.45. The Labute approximate surface area is 113 Å². The maximum Gasteiger partial charge on any atom is 0.140 e. The Kier molecular flexibility index (Phi) is 4.17. The van der Waals surface area contributed by atoms with Gasteiger partial charge in [-0.3, -0.25) is 0 Å². The number of aromatic nitrogens is 2. The van der Waals surface area contributed by atoms with Crippen LogP contribution in [0.5, 0.6) is 0 Å². The molecule has 3 nitrogen and oxygen atoms in total. The molecule has 2 aromatic heterocycles. The van der Waals surface area contributed by atoms with Crippen LogP contribution in [-0.4, -0.2) is 23.6 Å². The molecule has 0 amide bonds. The Morgan fingerprint density at radius 2 is 2.06 bits per heavy atom. The van der Waals surface area contributed by atoms with E-state index in [9.17, 15) is 0 Å². The second kappa shape index (κ2) is 5.65. The van der Waals surface area contributed by atoms with Crippen LogP contribution in [0.25, 0.3) is 10.2 Å². The Morgan fingerprint density at radius 1 is 1.28 bits per heavy atom. The molecular formula is C14H21N3S. The molecule has 0 N–H and O–H groups in total. The normalized spacial score (nSPS) is 11.1. The van der Waals surface area contributed by atoms with E-state index in [1.54, 1.807) is 11.3 Å². The Morgan fingerprint density at radius 3 is 2.72 bits per heavy atom. The lowest BCUT2D eigenvalue weighted by atomic mass is 10.3. The van der Waals surface area contributed by atoms with Gasteiger partial charge >= 0.3 is 0 Å². The summed E-state index contributed by atoms with van der Waals surface area (Å²) in [5, 5.41) is 1.20. The largest absolute Gasteiger partial charge is 0.359 e. The van der Waals surface area contributed by atoms with E-state index in [2.05, 4.69) is 43.8 Å². The van der Waals surface area contributed by atoms with E-state index in [0.29, 0.717) is 0 Å². The van der Waals surface area contributed by atoms with E-state index >= 15 is 0 Å². The highest BCUT2D eigenvalue weighted by molar-refractivity contribution is 7.18. The van der Waals surface area contributed by atoms with Crippen LogP contribution in [-0.2, 0) is 6.42 Å². The summed E-state index contributed by atoms with van der Waals surface area (Å²) in [7, 11) is 2.13. The number of thiophene rings is 1. The first kappa shape index (κ1) is 13.3. The van der Waals surface area contributed by atoms with Crippen molar-refractivity contribution in [1.82, 2.24) is 9.97 Å². The minimum Gasteiger partial charge on any atom is -0.359 e. The average molecular weight is 263 g/mol. The monoisotopic (exact) mass is 263 g/mol. The summed E-state index contributed by atoms with van der Waals surface area (Å²) in [6, 6.07) is 2.21. The fourth-order valence-electron chi connectivity index (χ4n) is 2.02. The molecule has 18 heavy (non-hydrogen) atoms. The molecule has 0 bridgehead atoms. The topological polar surface area (TPSA) is 29.0 Å². The quantitative estimate of drug-likeness (QED) is 0.821. The predicted molar refractivity (Wildman–Crippen MR) is 79.7 cm³/mol. The molecule has 0 spiro atoms. The third kappa shape index (κ3) is 2.64. The summed E-state index contributed by atoms with van der Waals surface area (Å²) in [5.74, 6) is 2.04. The van der Waals surface area contributed by atoms with Crippen molar-refractivity contribution in [3.05, 3.63) is 16.8 Å². The van der Waals surface area contributed by atoms with Crippen LogP contribution < -0.4 is 4.90 Å². The highest BCUT2D eigenvalue weighted by Crippen LogP contribution is 2.30. The molecular weight excluding hydrogens is 242 g/mol. The van der Waals surface area contributed by atoms with Crippen LogP contribution in [0, 0.1) is 6.92 Å². The van der Waals surface area contributed by atoms with Crippen LogP contribution in [0.3, 0.4) is 0 Å².